The number of halogens is 3. The summed E-state index contributed by atoms with van der Waals surface area (Å²) in [5.41, 5.74) is 8.16. The molecule has 33 heteroatoms. The first-order valence-corrected chi connectivity index (χ1v) is 39.6. The molecule has 5 N–H and O–H groups in total. The Labute approximate surface area is 653 Å². The number of hydrogen-bond acceptors (Lipinski definition) is 24. The summed E-state index contributed by atoms with van der Waals surface area (Å²) in [6, 6.07) is 25.0. The lowest BCUT2D eigenvalue weighted by Crippen LogP contribution is -2.50. The van der Waals surface area contributed by atoms with E-state index < -0.39 is 27.8 Å². The normalized spacial score (nSPS) is 16.6. The van der Waals surface area contributed by atoms with E-state index in [1.165, 1.54) is 48.9 Å². The molecule has 6 fully saturated rings. The van der Waals surface area contributed by atoms with Crippen molar-refractivity contribution in [3.63, 3.8) is 0 Å². The maximum absolute atomic E-state index is 15.2. The largest absolute Gasteiger partial charge is 0.444 e. The smallest absolute Gasteiger partial charge is 0.410 e. The van der Waals surface area contributed by atoms with E-state index >= 15 is 4.39 Å². The Balaban J connectivity index is 0.000000144. The number of carbonyl (C=O) groups is 2. The lowest BCUT2D eigenvalue weighted by Gasteiger charge is -2.36. The molecule has 29 nitrogen and oxygen atoms in total. The van der Waals surface area contributed by atoms with Crippen molar-refractivity contribution in [1.29, 1.82) is 15.8 Å². The van der Waals surface area contributed by atoms with E-state index in [4.69, 9.17) is 20.5 Å². The number of nitrogens with one attached hydrogen (secondary N) is 3. The van der Waals surface area contributed by atoms with Gasteiger partial charge in [0.25, 0.3) is 16.7 Å². The zero-order valence-electron chi connectivity index (χ0n) is 64.4. The quantitative estimate of drug-likeness (QED) is 0.0690. The van der Waals surface area contributed by atoms with Crippen LogP contribution in [-0.4, -0.2) is 166 Å². The van der Waals surface area contributed by atoms with Crippen molar-refractivity contribution in [2.45, 2.75) is 153 Å². The number of carbonyl (C=O) groups excluding carboxylic acids is 2. The second-order valence-corrected chi connectivity index (χ2v) is 31.9. The highest BCUT2D eigenvalue weighted by Crippen LogP contribution is 2.36. The molecule has 0 radical (unpaired) electrons. The minimum absolute atomic E-state index is 0.0106. The Kier molecular flexibility index (Phi) is 25.2. The van der Waals surface area contributed by atoms with Gasteiger partial charge in [0.05, 0.1) is 27.9 Å². The van der Waals surface area contributed by atoms with E-state index in [1.54, 1.807) is 72.3 Å². The van der Waals surface area contributed by atoms with Crippen LogP contribution in [0, 0.1) is 51.4 Å². The molecule has 0 spiro atoms. The van der Waals surface area contributed by atoms with Gasteiger partial charge in [-0.15, -0.1) is 0 Å². The van der Waals surface area contributed by atoms with Crippen molar-refractivity contribution < 1.29 is 36.4 Å². The molecule has 113 heavy (non-hydrogen) atoms. The number of hydrogen-bond donors (Lipinski definition) is 4. The fourth-order valence-electron chi connectivity index (χ4n) is 14.9. The summed E-state index contributed by atoms with van der Waals surface area (Å²) in [6.45, 7) is 18.2. The molecule has 3 aromatic carbocycles. The number of fused-ring (bicyclic) bond motifs is 3. The Bertz CT molecular complexity index is 5380. The summed E-state index contributed by atoms with van der Waals surface area (Å²) < 4.78 is 71.0. The molecule has 3 saturated heterocycles. The first-order valence-electron chi connectivity index (χ1n) is 38.0. The number of pyridine rings is 3. The molecule has 2 amide bonds. The van der Waals surface area contributed by atoms with E-state index in [1.807, 2.05) is 74.4 Å². The average Bonchev–Trinajstić information content (AvgIpc) is 1.62. The summed E-state index contributed by atoms with van der Waals surface area (Å²) in [7, 11) is -1.31. The summed E-state index contributed by atoms with van der Waals surface area (Å²) in [5, 5.41) is 39.4. The molecule has 1 atom stereocenters. The number of ether oxygens (including phenoxy) is 2. The molecule has 1 unspecified atom stereocenters. The van der Waals surface area contributed by atoms with E-state index in [2.05, 4.69) is 45.9 Å². The lowest BCUT2D eigenvalue weighted by atomic mass is 10.2. The van der Waals surface area contributed by atoms with Gasteiger partial charge in [0.2, 0.25) is 17.1 Å². The standard InChI is InChI=1S/C28H32FN7O3.C23H24FN7O.C15H22FN3O2.C14H14N4O2S/c1-28(2,3)39-27(38)35-12-10-34(11-13-35)23-9-8-20(15-22(23)29)32-26-31-17-19-14-18(16-30)25(37)36(24(19)33-26)21-6-4-5-7-21;24-19-12-17(5-6-20(19)30-9-7-26-8-10-30)28-23-27-14-16-11-15(13-25)22(32)31(21(16)29-23)18-3-1-2-4-18;1-15(2,3)21-14(20)19-8-6-18(7-9-19)13-5-4-11(17)10-12(13)16;1-21(20)14-16-8-10-6-9(7-15)13(19)18(12(10)17-14)11-4-2-3-5-11/h8-9,14-15,17,21H,4-7,10-13H2,1-3H3,(H,31,32,33);5-6,11-12,14,18,26H,1-4,7-10H2,(H,27,28,29);4-5,10H,6-9,17H2,1-3H3;6,8,11H,2-5H2,1H3. The van der Waals surface area contributed by atoms with Crippen LogP contribution in [0.5, 0.6) is 0 Å². The minimum atomic E-state index is -1.31. The summed E-state index contributed by atoms with van der Waals surface area (Å²) in [6.07, 6.45) is 17.1. The van der Waals surface area contributed by atoms with Gasteiger partial charge in [0.1, 0.15) is 80.5 Å². The van der Waals surface area contributed by atoms with Crippen molar-refractivity contribution in [2.24, 2.45) is 0 Å². The highest BCUT2D eigenvalue weighted by Gasteiger charge is 2.32. The van der Waals surface area contributed by atoms with Crippen molar-refractivity contribution in [3.8, 4) is 18.2 Å². The van der Waals surface area contributed by atoms with Crippen molar-refractivity contribution in [2.75, 3.05) is 116 Å². The van der Waals surface area contributed by atoms with Gasteiger partial charge in [-0.3, -0.25) is 32.3 Å². The van der Waals surface area contributed by atoms with E-state index in [9.17, 15) is 47.5 Å². The number of nitrogen functional groups attached to an aromatic ring is 1. The molecule has 15 rings (SSSR count). The number of nitrogens with zero attached hydrogens (tertiary/aromatic N) is 17. The predicted octanol–water partition coefficient (Wildman–Crippen LogP) is 11.8. The predicted molar refractivity (Wildman–Crippen MR) is 426 cm³/mol. The first kappa shape index (κ1) is 80.7. The molecule has 3 saturated carbocycles. The van der Waals surface area contributed by atoms with Crippen LogP contribution in [0.25, 0.3) is 33.1 Å². The van der Waals surface area contributed by atoms with Gasteiger partial charge in [-0.05, 0) is 153 Å². The molecular formula is C80H92F3N21O8S. The number of amides is 2. The fraction of sp³-hybridized carbons (Fsp3) is 0.450. The summed E-state index contributed by atoms with van der Waals surface area (Å²) in [5.74, 6) is -0.535. The minimum Gasteiger partial charge on any atom is -0.444 e. The van der Waals surface area contributed by atoms with Crippen LogP contribution in [0.3, 0.4) is 0 Å². The first-order chi connectivity index (χ1) is 54.1. The third-order valence-electron chi connectivity index (χ3n) is 20.4. The van der Waals surface area contributed by atoms with E-state index in [-0.39, 0.29) is 92.4 Å². The summed E-state index contributed by atoms with van der Waals surface area (Å²) in [4.78, 5) is 98.0. The van der Waals surface area contributed by atoms with Crippen molar-refractivity contribution in [1.82, 2.24) is 58.7 Å². The van der Waals surface area contributed by atoms with Crippen LogP contribution in [-0.2, 0) is 20.3 Å². The van der Waals surface area contributed by atoms with Gasteiger partial charge in [-0.1, -0.05) is 38.5 Å². The number of nitrogens with two attached hydrogens (primary N) is 1. The van der Waals surface area contributed by atoms with Gasteiger partial charge >= 0.3 is 12.2 Å². The van der Waals surface area contributed by atoms with Gasteiger partial charge in [0, 0.05) is 155 Å². The fourth-order valence-corrected chi connectivity index (χ4v) is 15.3. The molecule has 9 aromatic rings. The molecule has 6 aromatic heterocycles. The Morgan fingerprint density at radius 3 is 1.17 bits per heavy atom. The van der Waals surface area contributed by atoms with Crippen LogP contribution >= 0.6 is 0 Å². The Morgan fingerprint density at radius 2 is 0.832 bits per heavy atom. The highest BCUT2D eigenvalue weighted by molar-refractivity contribution is 7.84. The highest BCUT2D eigenvalue weighted by atomic mass is 32.2. The number of anilines is 8. The molecular weight excluding hydrogens is 1470 g/mol. The van der Waals surface area contributed by atoms with Gasteiger partial charge in [-0.25, -0.2) is 42.7 Å². The Morgan fingerprint density at radius 1 is 0.496 bits per heavy atom. The van der Waals surface area contributed by atoms with Gasteiger partial charge in [0.15, 0.2) is 0 Å². The van der Waals surface area contributed by atoms with E-state index in [0.717, 1.165) is 103 Å². The van der Waals surface area contributed by atoms with Crippen LogP contribution in [0.4, 0.5) is 68.8 Å². The van der Waals surface area contributed by atoms with Crippen LogP contribution in [0.2, 0.25) is 0 Å². The summed E-state index contributed by atoms with van der Waals surface area (Å²) >= 11 is 0. The molecule has 6 aliphatic rings. The zero-order chi connectivity index (χ0) is 80.4. The molecule has 9 heterocycles. The Hall–Kier alpha value is -11.8. The maximum Gasteiger partial charge on any atom is 0.410 e. The molecule has 0 bridgehead atoms. The SMILES string of the molecule is CC(C)(C)OC(=O)N1CCN(c2ccc(N)cc2F)CC1.CC(C)(C)OC(=O)N1CCN(c2ccc(Nc3ncc4cc(C#N)c(=O)n(C5CCCC5)c4n3)cc2F)CC1.CS(=O)c1ncc2cc(C#N)c(=O)n(C3CCCC3)c2n1.N#Cc1cc2cnc(Nc3ccc(N4CCNCC4)c(F)c3)nc2n(C2CCCC2)c1=O. The second kappa shape index (κ2) is 35.3. The second-order valence-electron chi connectivity index (χ2n) is 30.6. The molecule has 3 aliphatic heterocycles. The van der Waals surface area contributed by atoms with Crippen LogP contribution < -0.4 is 53.1 Å². The monoisotopic (exact) mass is 1560 g/mol. The topological polar surface area (TPSA) is 363 Å². The number of rotatable bonds is 11. The lowest BCUT2D eigenvalue weighted by molar-refractivity contribution is 0.0230. The average molecular weight is 1560 g/mol. The molecule has 3 aliphatic carbocycles. The third-order valence-corrected chi connectivity index (χ3v) is 21.1. The van der Waals surface area contributed by atoms with E-state index in [0.29, 0.717) is 120 Å². The number of benzene rings is 3. The van der Waals surface area contributed by atoms with Gasteiger partial charge in [-0.2, -0.15) is 25.8 Å². The number of aromatic nitrogens is 9. The van der Waals surface area contributed by atoms with Crippen LogP contribution in [0.15, 0.2) is 111 Å². The number of piperazine rings is 3. The van der Waals surface area contributed by atoms with Gasteiger partial charge < -0.3 is 55.7 Å². The number of nitriles is 3. The third kappa shape index (κ3) is 19.4. The zero-order valence-corrected chi connectivity index (χ0v) is 65.2. The van der Waals surface area contributed by atoms with Crippen molar-refractivity contribution in [3.05, 3.63) is 157 Å². The van der Waals surface area contributed by atoms with Crippen LogP contribution in [0.1, 0.15) is 153 Å². The van der Waals surface area contributed by atoms with Crippen molar-refractivity contribution >= 4 is 102 Å². The maximum atomic E-state index is 15.2. The molecule has 592 valence electrons.